The van der Waals surface area contributed by atoms with Gasteiger partial charge in [-0.25, -0.2) is 0 Å². The lowest BCUT2D eigenvalue weighted by atomic mass is 10.1. The van der Waals surface area contributed by atoms with Crippen molar-refractivity contribution in [2.24, 2.45) is 0 Å². The number of aliphatic hydroxyl groups is 1. The van der Waals surface area contributed by atoms with Crippen LogP contribution >= 0.6 is 0 Å². The molecule has 0 fully saturated rings. The number of benzene rings is 1. The molecule has 5 heteroatoms. The molecule has 19 heavy (non-hydrogen) atoms. The van der Waals surface area contributed by atoms with Gasteiger partial charge in [0, 0.05) is 5.56 Å². The van der Waals surface area contributed by atoms with Crippen molar-refractivity contribution in [1.29, 1.82) is 0 Å². The molecule has 0 spiro atoms. The Balaban J connectivity index is 2.88. The lowest BCUT2D eigenvalue weighted by Gasteiger charge is -2.15. The van der Waals surface area contributed by atoms with Gasteiger partial charge in [0.1, 0.15) is 0 Å². The van der Waals surface area contributed by atoms with Gasteiger partial charge >= 0.3 is 0 Å². The Labute approximate surface area is 113 Å². The van der Waals surface area contributed by atoms with Crippen LogP contribution in [0.4, 0.5) is 0 Å². The number of nitrogens with one attached hydrogen (secondary N) is 1. The second-order valence-electron chi connectivity index (χ2n) is 4.06. The lowest BCUT2D eigenvalue weighted by molar-refractivity contribution is 0.0914. The number of rotatable bonds is 7. The van der Waals surface area contributed by atoms with E-state index in [1.807, 2.05) is 13.8 Å². The number of aliphatic hydroxyl groups excluding tert-OH is 1. The fraction of sp³-hybridized carbons (Fsp3) is 0.500. The normalized spacial score (nSPS) is 11.8. The van der Waals surface area contributed by atoms with E-state index in [0.717, 1.165) is 0 Å². The summed E-state index contributed by atoms with van der Waals surface area (Å²) in [5.41, 5.74) is 0.483. The molecule has 1 aromatic carbocycles. The average molecular weight is 267 g/mol. The molecule has 1 amide bonds. The molecule has 0 saturated carbocycles. The standard InChI is InChI=1S/C14H21NO4/c1-4-11(9-16)15-14(17)10-6-7-12(18-3)13(8-10)19-5-2/h6-8,11,16H,4-5,9H2,1-3H3,(H,15,17)/t11-/m1/s1. The fourth-order valence-electron chi connectivity index (χ4n) is 1.63. The Morgan fingerprint density at radius 3 is 2.63 bits per heavy atom. The van der Waals surface area contributed by atoms with Gasteiger partial charge in [0.05, 0.1) is 26.4 Å². The van der Waals surface area contributed by atoms with Crippen molar-refractivity contribution in [3.8, 4) is 11.5 Å². The molecule has 0 aliphatic carbocycles. The predicted molar refractivity (Wildman–Crippen MR) is 72.8 cm³/mol. The van der Waals surface area contributed by atoms with Gasteiger partial charge in [0.2, 0.25) is 0 Å². The Morgan fingerprint density at radius 2 is 2.11 bits per heavy atom. The second-order valence-corrected chi connectivity index (χ2v) is 4.06. The van der Waals surface area contributed by atoms with Gasteiger partial charge in [0.25, 0.3) is 5.91 Å². The minimum atomic E-state index is -0.232. The summed E-state index contributed by atoms with van der Waals surface area (Å²) in [6.45, 7) is 4.19. The van der Waals surface area contributed by atoms with Crippen LogP contribution in [-0.4, -0.2) is 37.4 Å². The van der Waals surface area contributed by atoms with E-state index < -0.39 is 0 Å². The molecule has 0 aliphatic rings. The number of amides is 1. The second kappa shape index (κ2) is 7.63. The summed E-state index contributed by atoms with van der Waals surface area (Å²) in [5, 5.41) is 11.8. The third-order valence-electron chi connectivity index (χ3n) is 2.77. The number of carbonyl (C=O) groups excluding carboxylic acids is 1. The highest BCUT2D eigenvalue weighted by Crippen LogP contribution is 2.28. The van der Waals surface area contributed by atoms with E-state index in [0.29, 0.717) is 30.1 Å². The quantitative estimate of drug-likeness (QED) is 0.787. The van der Waals surface area contributed by atoms with Crippen LogP contribution < -0.4 is 14.8 Å². The van der Waals surface area contributed by atoms with Crippen molar-refractivity contribution < 1.29 is 19.4 Å². The lowest BCUT2D eigenvalue weighted by Crippen LogP contribution is -2.36. The molecule has 0 heterocycles. The van der Waals surface area contributed by atoms with E-state index in [1.54, 1.807) is 25.3 Å². The molecule has 5 nitrogen and oxygen atoms in total. The molecule has 0 bridgehead atoms. The maximum absolute atomic E-state index is 12.0. The number of hydrogen-bond acceptors (Lipinski definition) is 4. The van der Waals surface area contributed by atoms with Gasteiger partial charge in [-0.1, -0.05) is 6.92 Å². The maximum atomic E-state index is 12.0. The van der Waals surface area contributed by atoms with Crippen molar-refractivity contribution in [1.82, 2.24) is 5.32 Å². The third kappa shape index (κ3) is 4.13. The van der Waals surface area contributed by atoms with Crippen LogP contribution in [0, 0.1) is 0 Å². The number of methoxy groups -OCH3 is 1. The van der Waals surface area contributed by atoms with E-state index in [9.17, 15) is 4.79 Å². The SMILES string of the molecule is CCOc1cc(C(=O)N[C@H](CC)CO)ccc1OC. The Kier molecular flexibility index (Phi) is 6.15. The van der Waals surface area contributed by atoms with Crippen LogP contribution in [0.2, 0.25) is 0 Å². The molecule has 0 aromatic heterocycles. The van der Waals surface area contributed by atoms with Crippen molar-refractivity contribution in [2.45, 2.75) is 26.3 Å². The van der Waals surface area contributed by atoms with Gasteiger partial charge in [-0.3, -0.25) is 4.79 Å². The first-order valence-electron chi connectivity index (χ1n) is 6.38. The van der Waals surface area contributed by atoms with Gasteiger partial charge < -0.3 is 19.9 Å². The number of ether oxygens (including phenoxy) is 2. The van der Waals surface area contributed by atoms with Crippen molar-refractivity contribution in [3.05, 3.63) is 23.8 Å². The Morgan fingerprint density at radius 1 is 1.37 bits per heavy atom. The third-order valence-corrected chi connectivity index (χ3v) is 2.77. The van der Waals surface area contributed by atoms with Crippen molar-refractivity contribution >= 4 is 5.91 Å². The zero-order valence-electron chi connectivity index (χ0n) is 11.6. The van der Waals surface area contributed by atoms with E-state index in [4.69, 9.17) is 14.6 Å². The average Bonchev–Trinajstić information content (AvgIpc) is 2.44. The van der Waals surface area contributed by atoms with Crippen LogP contribution in [0.3, 0.4) is 0 Å². The van der Waals surface area contributed by atoms with Crippen LogP contribution in [-0.2, 0) is 0 Å². The highest BCUT2D eigenvalue weighted by molar-refractivity contribution is 5.95. The summed E-state index contributed by atoms with van der Waals surface area (Å²) in [6, 6.07) is 4.77. The summed E-state index contributed by atoms with van der Waals surface area (Å²) < 4.78 is 10.6. The first-order chi connectivity index (χ1) is 9.15. The van der Waals surface area contributed by atoms with Crippen LogP contribution in [0.25, 0.3) is 0 Å². The molecular formula is C14H21NO4. The molecular weight excluding hydrogens is 246 g/mol. The Bertz CT molecular complexity index is 416. The molecule has 106 valence electrons. The van der Waals surface area contributed by atoms with Crippen LogP contribution in [0.1, 0.15) is 30.6 Å². The monoisotopic (exact) mass is 267 g/mol. The van der Waals surface area contributed by atoms with Crippen molar-refractivity contribution in [3.63, 3.8) is 0 Å². The highest BCUT2D eigenvalue weighted by atomic mass is 16.5. The first kappa shape index (κ1) is 15.3. The van der Waals surface area contributed by atoms with E-state index >= 15 is 0 Å². The summed E-state index contributed by atoms with van der Waals surface area (Å²) in [5.74, 6) is 0.895. The largest absolute Gasteiger partial charge is 0.493 e. The van der Waals surface area contributed by atoms with Crippen molar-refractivity contribution in [2.75, 3.05) is 20.3 Å². The molecule has 1 rings (SSSR count). The molecule has 0 aliphatic heterocycles. The van der Waals surface area contributed by atoms with Gasteiger partial charge in [0.15, 0.2) is 11.5 Å². The van der Waals surface area contributed by atoms with Crippen LogP contribution in [0.5, 0.6) is 11.5 Å². The molecule has 0 radical (unpaired) electrons. The Hall–Kier alpha value is -1.75. The van der Waals surface area contributed by atoms with E-state index in [2.05, 4.69) is 5.32 Å². The molecule has 0 unspecified atom stereocenters. The maximum Gasteiger partial charge on any atom is 0.251 e. The zero-order valence-corrected chi connectivity index (χ0v) is 11.6. The molecule has 1 atom stereocenters. The minimum Gasteiger partial charge on any atom is -0.493 e. The number of hydrogen-bond donors (Lipinski definition) is 2. The molecule has 1 aromatic rings. The first-order valence-corrected chi connectivity index (χ1v) is 6.38. The highest BCUT2D eigenvalue weighted by Gasteiger charge is 2.14. The summed E-state index contributed by atoms with van der Waals surface area (Å²) in [4.78, 5) is 12.0. The van der Waals surface area contributed by atoms with Gasteiger partial charge in [-0.15, -0.1) is 0 Å². The fourth-order valence-corrected chi connectivity index (χ4v) is 1.63. The van der Waals surface area contributed by atoms with Gasteiger partial charge in [-0.2, -0.15) is 0 Å². The minimum absolute atomic E-state index is 0.0727. The summed E-state index contributed by atoms with van der Waals surface area (Å²) >= 11 is 0. The molecule has 2 N–H and O–H groups in total. The van der Waals surface area contributed by atoms with E-state index in [1.165, 1.54) is 0 Å². The predicted octanol–water partition coefficient (Wildman–Crippen LogP) is 1.59. The smallest absolute Gasteiger partial charge is 0.251 e. The molecule has 0 saturated heterocycles. The van der Waals surface area contributed by atoms with Gasteiger partial charge in [-0.05, 0) is 31.5 Å². The zero-order chi connectivity index (χ0) is 14.3. The van der Waals surface area contributed by atoms with Crippen LogP contribution in [0.15, 0.2) is 18.2 Å². The number of carbonyl (C=O) groups is 1. The summed E-state index contributed by atoms with van der Waals surface area (Å²) in [7, 11) is 1.55. The van der Waals surface area contributed by atoms with E-state index in [-0.39, 0.29) is 18.6 Å². The topological polar surface area (TPSA) is 67.8 Å². The summed E-state index contributed by atoms with van der Waals surface area (Å²) in [6.07, 6.45) is 0.677.